The molecule has 0 bridgehead atoms. The lowest BCUT2D eigenvalue weighted by Gasteiger charge is -2.12. The average molecular weight is 378 g/mol. The van der Waals surface area contributed by atoms with Crippen LogP contribution in [0.1, 0.15) is 25.0 Å². The van der Waals surface area contributed by atoms with Crippen LogP contribution in [0.25, 0.3) is 5.57 Å². The van der Waals surface area contributed by atoms with Crippen molar-refractivity contribution in [3.8, 4) is 5.75 Å². The lowest BCUT2D eigenvalue weighted by atomic mass is 10.00. The molecule has 138 valence electrons. The van der Waals surface area contributed by atoms with E-state index in [9.17, 15) is 8.42 Å². The van der Waals surface area contributed by atoms with E-state index in [2.05, 4.69) is 0 Å². The van der Waals surface area contributed by atoms with Crippen LogP contribution in [0.5, 0.6) is 5.75 Å². The Labute approximate surface area is 160 Å². The van der Waals surface area contributed by atoms with Crippen LogP contribution in [-0.2, 0) is 9.84 Å². The van der Waals surface area contributed by atoms with Gasteiger partial charge in [-0.3, -0.25) is 0 Å². The average Bonchev–Trinajstić information content (AvgIpc) is 2.68. The molecule has 0 radical (unpaired) electrons. The fourth-order valence-corrected chi connectivity index (χ4v) is 3.99. The van der Waals surface area contributed by atoms with Gasteiger partial charge in [-0.2, -0.15) is 0 Å². The number of benzene rings is 3. The minimum Gasteiger partial charge on any atom is -0.491 e. The molecule has 0 N–H and O–H groups in total. The topological polar surface area (TPSA) is 43.4 Å². The summed E-state index contributed by atoms with van der Waals surface area (Å²) in [5, 5.41) is 1.34. The summed E-state index contributed by atoms with van der Waals surface area (Å²) in [5.41, 5.74) is 2.31. The van der Waals surface area contributed by atoms with Gasteiger partial charge in [-0.1, -0.05) is 60.7 Å². The summed E-state index contributed by atoms with van der Waals surface area (Å²) in [5.74, 6) is 0.757. The first-order valence-electron chi connectivity index (χ1n) is 8.80. The predicted molar refractivity (Wildman–Crippen MR) is 109 cm³/mol. The van der Waals surface area contributed by atoms with Crippen LogP contribution in [0.3, 0.4) is 0 Å². The maximum atomic E-state index is 12.9. The van der Waals surface area contributed by atoms with E-state index < -0.39 is 9.84 Å². The van der Waals surface area contributed by atoms with E-state index in [-0.39, 0.29) is 11.0 Å². The summed E-state index contributed by atoms with van der Waals surface area (Å²) in [6.07, 6.45) is 0.0819. The molecule has 0 spiro atoms. The molecule has 3 aromatic carbocycles. The molecule has 0 amide bonds. The van der Waals surface area contributed by atoms with Crippen molar-refractivity contribution in [1.82, 2.24) is 0 Å². The molecule has 0 aliphatic heterocycles. The zero-order valence-electron chi connectivity index (χ0n) is 15.4. The Morgan fingerprint density at radius 2 is 1.30 bits per heavy atom. The Balaban J connectivity index is 2.08. The molecular formula is C23H22O3S. The summed E-state index contributed by atoms with van der Waals surface area (Å²) in [7, 11) is -3.58. The molecule has 0 heterocycles. The Hall–Kier alpha value is -2.85. The highest BCUT2D eigenvalue weighted by molar-refractivity contribution is 7.94. The van der Waals surface area contributed by atoms with Crippen molar-refractivity contribution < 1.29 is 13.2 Å². The molecule has 0 atom stereocenters. The number of sulfone groups is 1. The van der Waals surface area contributed by atoms with E-state index in [1.807, 2.05) is 68.4 Å². The Kier molecular flexibility index (Phi) is 5.77. The van der Waals surface area contributed by atoms with Crippen LogP contribution in [0.4, 0.5) is 0 Å². The molecule has 4 heteroatoms. The quantitative estimate of drug-likeness (QED) is 0.582. The normalized spacial score (nSPS) is 12.2. The van der Waals surface area contributed by atoms with Crippen LogP contribution < -0.4 is 4.74 Å². The first-order valence-corrected chi connectivity index (χ1v) is 10.3. The number of hydrogen-bond donors (Lipinski definition) is 0. The number of hydrogen-bond acceptors (Lipinski definition) is 3. The highest BCUT2D eigenvalue weighted by atomic mass is 32.2. The largest absolute Gasteiger partial charge is 0.491 e. The molecule has 3 rings (SSSR count). The van der Waals surface area contributed by atoms with E-state index in [0.29, 0.717) is 5.57 Å². The van der Waals surface area contributed by atoms with Crippen molar-refractivity contribution in [3.63, 3.8) is 0 Å². The molecule has 0 aliphatic rings. The molecule has 3 aromatic rings. The molecule has 0 aliphatic carbocycles. The van der Waals surface area contributed by atoms with Gasteiger partial charge >= 0.3 is 0 Å². The van der Waals surface area contributed by atoms with E-state index >= 15 is 0 Å². The van der Waals surface area contributed by atoms with Crippen molar-refractivity contribution in [2.45, 2.75) is 24.8 Å². The summed E-state index contributed by atoms with van der Waals surface area (Å²) in [6, 6.07) is 25.5. The van der Waals surface area contributed by atoms with Crippen molar-refractivity contribution in [1.29, 1.82) is 0 Å². The summed E-state index contributed by atoms with van der Waals surface area (Å²) in [4.78, 5) is 0.276. The molecular weight excluding hydrogens is 356 g/mol. The summed E-state index contributed by atoms with van der Waals surface area (Å²) < 4.78 is 31.5. The third kappa shape index (κ3) is 4.86. The summed E-state index contributed by atoms with van der Waals surface area (Å²) in [6.45, 7) is 3.94. The van der Waals surface area contributed by atoms with E-state index in [0.717, 1.165) is 16.9 Å². The van der Waals surface area contributed by atoms with Crippen LogP contribution in [0.15, 0.2) is 95.2 Å². The van der Waals surface area contributed by atoms with Gasteiger partial charge in [0.2, 0.25) is 0 Å². The molecule has 0 fully saturated rings. The van der Waals surface area contributed by atoms with Crippen LogP contribution >= 0.6 is 0 Å². The van der Waals surface area contributed by atoms with E-state index in [1.54, 1.807) is 30.3 Å². The Bertz CT molecular complexity index is 1000. The third-order valence-electron chi connectivity index (χ3n) is 3.97. The fraction of sp³-hybridized carbons (Fsp3) is 0.130. The highest BCUT2D eigenvalue weighted by Crippen LogP contribution is 2.28. The summed E-state index contributed by atoms with van der Waals surface area (Å²) >= 11 is 0. The van der Waals surface area contributed by atoms with Gasteiger partial charge in [-0.05, 0) is 49.2 Å². The van der Waals surface area contributed by atoms with Crippen LogP contribution in [-0.4, -0.2) is 14.5 Å². The van der Waals surface area contributed by atoms with Gasteiger partial charge in [0.05, 0.1) is 11.0 Å². The minimum atomic E-state index is -3.58. The molecule has 0 unspecified atom stereocenters. The second-order valence-electron chi connectivity index (χ2n) is 6.45. The first kappa shape index (κ1) is 18.9. The number of ether oxygens (including phenoxy) is 1. The van der Waals surface area contributed by atoms with Crippen LogP contribution in [0.2, 0.25) is 0 Å². The Morgan fingerprint density at radius 3 is 1.85 bits per heavy atom. The second kappa shape index (κ2) is 8.23. The van der Waals surface area contributed by atoms with Gasteiger partial charge in [-0.25, -0.2) is 8.42 Å². The van der Waals surface area contributed by atoms with Gasteiger partial charge in [0.15, 0.2) is 9.84 Å². The van der Waals surface area contributed by atoms with Crippen LogP contribution in [0, 0.1) is 0 Å². The lowest BCUT2D eigenvalue weighted by molar-refractivity contribution is 0.242. The van der Waals surface area contributed by atoms with Gasteiger partial charge < -0.3 is 4.74 Å². The van der Waals surface area contributed by atoms with Crippen molar-refractivity contribution in [2.75, 3.05) is 0 Å². The molecule has 27 heavy (non-hydrogen) atoms. The molecule has 0 saturated heterocycles. The van der Waals surface area contributed by atoms with Gasteiger partial charge in [-0.15, -0.1) is 0 Å². The van der Waals surface area contributed by atoms with Crippen molar-refractivity contribution in [2.24, 2.45) is 0 Å². The van der Waals surface area contributed by atoms with Crippen molar-refractivity contribution >= 4 is 15.4 Å². The molecule has 3 nitrogen and oxygen atoms in total. The zero-order valence-corrected chi connectivity index (χ0v) is 16.2. The standard InChI is InChI=1S/C23H22O3S/c1-18(2)26-21-15-13-20(14-16-21)23(19-9-5-3-6-10-19)17-27(24,25)22-11-7-4-8-12-22/h3-18H,1-2H3/b23-17+. The maximum absolute atomic E-state index is 12.9. The van der Waals surface area contributed by atoms with Gasteiger partial charge in [0.25, 0.3) is 0 Å². The maximum Gasteiger partial charge on any atom is 0.200 e. The van der Waals surface area contributed by atoms with E-state index in [1.165, 1.54) is 5.41 Å². The Morgan fingerprint density at radius 1 is 0.778 bits per heavy atom. The predicted octanol–water partition coefficient (Wildman–Crippen LogP) is 5.34. The monoisotopic (exact) mass is 378 g/mol. The van der Waals surface area contributed by atoms with Gasteiger partial charge in [0, 0.05) is 11.0 Å². The van der Waals surface area contributed by atoms with Crippen molar-refractivity contribution in [3.05, 3.63) is 101 Å². The third-order valence-corrected chi connectivity index (χ3v) is 5.44. The lowest BCUT2D eigenvalue weighted by Crippen LogP contribution is -2.05. The van der Waals surface area contributed by atoms with E-state index in [4.69, 9.17) is 4.74 Å². The minimum absolute atomic E-state index is 0.0819. The molecule has 0 saturated carbocycles. The smallest absolute Gasteiger partial charge is 0.200 e. The van der Waals surface area contributed by atoms with Gasteiger partial charge in [0.1, 0.15) is 5.75 Å². The number of rotatable bonds is 6. The fourth-order valence-electron chi connectivity index (χ4n) is 2.74. The first-order chi connectivity index (χ1) is 13.0. The zero-order chi connectivity index (χ0) is 19.3. The SMILES string of the molecule is CC(C)Oc1ccc(/C(=C/S(=O)(=O)c2ccccc2)c2ccccc2)cc1. The molecule has 0 aromatic heterocycles. The highest BCUT2D eigenvalue weighted by Gasteiger charge is 2.15. The second-order valence-corrected chi connectivity index (χ2v) is 8.24.